The lowest BCUT2D eigenvalue weighted by Gasteiger charge is -2.24. The Balaban J connectivity index is 2.29. The molecule has 0 spiro atoms. The first-order valence-corrected chi connectivity index (χ1v) is 6.12. The van der Waals surface area contributed by atoms with Crippen LogP contribution in [0, 0.1) is 5.92 Å². The largest absolute Gasteiger partial charge is 0.353 e. The molecule has 4 heteroatoms. The number of halogens is 1. The molecule has 0 aromatic rings. The summed E-state index contributed by atoms with van der Waals surface area (Å²) in [6.45, 7) is 8.04. The van der Waals surface area contributed by atoms with Crippen molar-refractivity contribution < 1.29 is 9.18 Å². The fourth-order valence-corrected chi connectivity index (χ4v) is 2.14. The van der Waals surface area contributed by atoms with Crippen LogP contribution in [-0.2, 0) is 4.79 Å². The molecule has 1 aliphatic rings. The summed E-state index contributed by atoms with van der Waals surface area (Å²) in [5.41, 5.74) is 0. The molecule has 16 heavy (non-hydrogen) atoms. The molecule has 1 fully saturated rings. The van der Waals surface area contributed by atoms with E-state index in [2.05, 4.69) is 24.1 Å². The molecule has 1 amide bonds. The molecule has 0 aliphatic carbocycles. The lowest BCUT2D eigenvalue weighted by atomic mass is 10.0. The van der Waals surface area contributed by atoms with Gasteiger partial charge in [0, 0.05) is 32.6 Å². The molecule has 0 aromatic heterocycles. The van der Waals surface area contributed by atoms with Crippen LogP contribution < -0.4 is 5.32 Å². The number of nitrogens with one attached hydrogen (secondary N) is 1. The van der Waals surface area contributed by atoms with E-state index in [9.17, 15) is 9.18 Å². The van der Waals surface area contributed by atoms with Crippen molar-refractivity contribution in [2.24, 2.45) is 5.92 Å². The third kappa shape index (κ3) is 4.47. The lowest BCUT2D eigenvalue weighted by Crippen LogP contribution is -2.39. The van der Waals surface area contributed by atoms with E-state index in [1.807, 2.05) is 0 Å². The van der Waals surface area contributed by atoms with Gasteiger partial charge >= 0.3 is 0 Å². The maximum atomic E-state index is 13.0. The predicted octanol–water partition coefficient (Wildman–Crippen LogP) is 1.58. The monoisotopic (exact) mass is 230 g/mol. The summed E-state index contributed by atoms with van der Waals surface area (Å²) in [5, 5.41) is 2.96. The third-order valence-electron chi connectivity index (χ3n) is 3.16. The van der Waals surface area contributed by atoms with Gasteiger partial charge in [0.2, 0.25) is 5.91 Å². The third-order valence-corrected chi connectivity index (χ3v) is 3.16. The maximum Gasteiger partial charge on any atom is 0.217 e. The van der Waals surface area contributed by atoms with Gasteiger partial charge < -0.3 is 10.2 Å². The first kappa shape index (κ1) is 13.4. The molecule has 1 rings (SSSR count). The Kier molecular flexibility index (Phi) is 5.19. The Labute approximate surface area is 97.4 Å². The highest BCUT2D eigenvalue weighted by molar-refractivity contribution is 5.73. The zero-order valence-electron chi connectivity index (χ0n) is 10.5. The van der Waals surface area contributed by atoms with Gasteiger partial charge in [-0.25, -0.2) is 4.39 Å². The van der Waals surface area contributed by atoms with E-state index in [1.165, 1.54) is 0 Å². The number of nitrogens with zero attached hydrogens (tertiary/aromatic N) is 1. The van der Waals surface area contributed by atoms with Gasteiger partial charge in [-0.1, -0.05) is 13.8 Å². The van der Waals surface area contributed by atoms with E-state index >= 15 is 0 Å². The number of hydrogen-bond acceptors (Lipinski definition) is 2. The van der Waals surface area contributed by atoms with Crippen LogP contribution in [0.5, 0.6) is 0 Å². The van der Waals surface area contributed by atoms with Crippen LogP contribution in [0.3, 0.4) is 0 Å². The Hall–Kier alpha value is -0.640. The second kappa shape index (κ2) is 6.18. The second-order valence-electron chi connectivity index (χ2n) is 5.03. The molecular formula is C12H23FN2O. The summed E-state index contributed by atoms with van der Waals surface area (Å²) in [7, 11) is 0. The van der Waals surface area contributed by atoms with E-state index in [0.29, 0.717) is 18.9 Å². The lowest BCUT2D eigenvalue weighted by molar-refractivity contribution is -0.120. The van der Waals surface area contributed by atoms with E-state index in [-0.39, 0.29) is 11.9 Å². The Bertz CT molecular complexity index is 233. The van der Waals surface area contributed by atoms with Gasteiger partial charge in [0.05, 0.1) is 0 Å². The van der Waals surface area contributed by atoms with E-state index in [1.54, 1.807) is 6.92 Å². The van der Waals surface area contributed by atoms with Crippen molar-refractivity contribution in [2.45, 2.75) is 45.8 Å². The molecule has 1 saturated heterocycles. The molecule has 1 unspecified atom stereocenters. The van der Waals surface area contributed by atoms with Crippen molar-refractivity contribution in [1.29, 1.82) is 0 Å². The Morgan fingerprint density at radius 2 is 2.25 bits per heavy atom. The van der Waals surface area contributed by atoms with Crippen LogP contribution >= 0.6 is 0 Å². The molecule has 0 aromatic carbocycles. The van der Waals surface area contributed by atoms with Crippen molar-refractivity contribution in [2.75, 3.05) is 19.6 Å². The fraction of sp³-hybridized carbons (Fsp3) is 0.917. The highest BCUT2D eigenvalue weighted by Gasteiger charge is 2.23. The van der Waals surface area contributed by atoms with Crippen molar-refractivity contribution in [1.82, 2.24) is 10.2 Å². The van der Waals surface area contributed by atoms with Gasteiger partial charge in [-0.05, 0) is 18.8 Å². The number of carbonyl (C=O) groups is 1. The van der Waals surface area contributed by atoms with Gasteiger partial charge in [0.25, 0.3) is 0 Å². The quantitative estimate of drug-likeness (QED) is 0.777. The average molecular weight is 230 g/mol. The fourth-order valence-electron chi connectivity index (χ4n) is 2.14. The minimum absolute atomic E-state index is 0.0171. The molecule has 2 atom stereocenters. The van der Waals surface area contributed by atoms with Gasteiger partial charge in [-0.2, -0.15) is 0 Å². The van der Waals surface area contributed by atoms with Crippen LogP contribution in [0.25, 0.3) is 0 Å². The number of amides is 1. The van der Waals surface area contributed by atoms with Crippen LogP contribution in [-0.4, -0.2) is 42.7 Å². The highest BCUT2D eigenvalue weighted by atomic mass is 19.1. The summed E-state index contributed by atoms with van der Waals surface area (Å²) >= 11 is 0. The topological polar surface area (TPSA) is 32.3 Å². The van der Waals surface area contributed by atoms with E-state index in [0.717, 1.165) is 19.5 Å². The average Bonchev–Trinajstić information content (AvgIpc) is 2.58. The normalized spacial score (nSPS) is 23.7. The smallest absolute Gasteiger partial charge is 0.217 e. The van der Waals surface area contributed by atoms with Crippen LogP contribution in [0.2, 0.25) is 0 Å². The van der Waals surface area contributed by atoms with Gasteiger partial charge in [0.15, 0.2) is 0 Å². The number of alkyl halides is 1. The molecule has 3 nitrogen and oxygen atoms in total. The molecule has 1 N–H and O–H groups in total. The zero-order chi connectivity index (χ0) is 12.1. The number of carbonyl (C=O) groups excluding carboxylic acids is 1. The van der Waals surface area contributed by atoms with Crippen molar-refractivity contribution in [3.63, 3.8) is 0 Å². The van der Waals surface area contributed by atoms with Crippen molar-refractivity contribution in [3.8, 4) is 0 Å². The predicted molar refractivity (Wildman–Crippen MR) is 63.0 cm³/mol. The molecule has 0 radical (unpaired) electrons. The van der Waals surface area contributed by atoms with Crippen LogP contribution in [0.4, 0.5) is 4.39 Å². The molecule has 0 saturated carbocycles. The maximum absolute atomic E-state index is 13.0. The summed E-state index contributed by atoms with van der Waals surface area (Å²) in [6.07, 6.45) is 0.912. The van der Waals surface area contributed by atoms with Gasteiger partial charge in [0.1, 0.15) is 6.17 Å². The minimum atomic E-state index is -0.654. The Morgan fingerprint density at radius 3 is 2.69 bits per heavy atom. The standard InChI is InChI=1S/C12H23FN2O/c1-9(2)12(14-10(3)16)5-7-15-6-4-11(13)8-15/h9,11-12H,4-8H2,1-3H3,(H,14,16)/t11-,12?/m1/s1. The highest BCUT2D eigenvalue weighted by Crippen LogP contribution is 2.14. The minimum Gasteiger partial charge on any atom is -0.353 e. The summed E-state index contributed by atoms with van der Waals surface area (Å²) in [4.78, 5) is 13.2. The number of likely N-dealkylation sites (tertiary alicyclic amines) is 1. The Morgan fingerprint density at radius 1 is 1.56 bits per heavy atom. The van der Waals surface area contributed by atoms with Gasteiger partial charge in [-0.3, -0.25) is 4.79 Å². The van der Waals surface area contributed by atoms with E-state index < -0.39 is 6.17 Å². The van der Waals surface area contributed by atoms with Crippen LogP contribution in [0.15, 0.2) is 0 Å². The molecule has 1 heterocycles. The van der Waals surface area contributed by atoms with E-state index in [4.69, 9.17) is 0 Å². The number of hydrogen-bond donors (Lipinski definition) is 1. The summed E-state index contributed by atoms with van der Waals surface area (Å²) < 4.78 is 13.0. The molecule has 0 bridgehead atoms. The van der Waals surface area contributed by atoms with Gasteiger partial charge in [-0.15, -0.1) is 0 Å². The van der Waals surface area contributed by atoms with Crippen molar-refractivity contribution in [3.05, 3.63) is 0 Å². The first-order chi connectivity index (χ1) is 7.49. The second-order valence-corrected chi connectivity index (χ2v) is 5.03. The van der Waals surface area contributed by atoms with Crippen molar-refractivity contribution >= 4 is 5.91 Å². The SMILES string of the molecule is CC(=O)NC(CCN1CC[C@@H](F)C1)C(C)C. The molecule has 1 aliphatic heterocycles. The van der Waals surface area contributed by atoms with Crippen LogP contribution in [0.1, 0.15) is 33.6 Å². The number of rotatable bonds is 5. The summed E-state index contributed by atoms with van der Waals surface area (Å²) in [6, 6.07) is 0.205. The zero-order valence-corrected chi connectivity index (χ0v) is 10.5. The summed E-state index contributed by atoms with van der Waals surface area (Å²) in [5.74, 6) is 0.441. The molecular weight excluding hydrogens is 207 g/mol. The molecule has 94 valence electrons. The first-order valence-electron chi connectivity index (χ1n) is 6.12.